The van der Waals surface area contributed by atoms with Crippen molar-refractivity contribution < 1.29 is 9.59 Å². The van der Waals surface area contributed by atoms with Gasteiger partial charge in [-0.15, -0.1) is 0 Å². The minimum absolute atomic E-state index is 0.0782. The van der Waals surface area contributed by atoms with Crippen LogP contribution in [0.25, 0.3) is 0 Å². The largest absolute Gasteiger partial charge is 0.348 e. The predicted molar refractivity (Wildman–Crippen MR) is 108 cm³/mol. The predicted octanol–water partition coefficient (Wildman–Crippen LogP) is 3.97. The van der Waals surface area contributed by atoms with Gasteiger partial charge in [0.05, 0.1) is 6.42 Å². The molecule has 1 aromatic carbocycles. The maximum atomic E-state index is 12.7. The molecule has 3 rings (SSSR count). The fourth-order valence-corrected chi connectivity index (χ4v) is 3.95. The van der Waals surface area contributed by atoms with Crippen LogP contribution in [-0.2, 0) is 30.6 Å². The summed E-state index contributed by atoms with van der Waals surface area (Å²) in [5, 5.41) is 0. The number of ketones is 1. The van der Waals surface area contributed by atoms with Gasteiger partial charge in [-0.2, -0.15) is 0 Å². The number of benzene rings is 1. The Morgan fingerprint density at radius 2 is 1.89 bits per heavy atom. The molecule has 0 saturated carbocycles. The zero-order chi connectivity index (χ0) is 19.6. The van der Waals surface area contributed by atoms with Crippen molar-refractivity contribution in [2.24, 2.45) is 0 Å². The van der Waals surface area contributed by atoms with Gasteiger partial charge in [0.2, 0.25) is 5.91 Å². The monoisotopic (exact) mass is 366 g/mol. The minimum Gasteiger partial charge on any atom is -0.348 e. The van der Waals surface area contributed by atoms with Crippen molar-refractivity contribution in [3.8, 4) is 0 Å². The summed E-state index contributed by atoms with van der Waals surface area (Å²) in [6.45, 7) is 6.93. The molecule has 0 N–H and O–H groups in total. The molecule has 2 aromatic rings. The van der Waals surface area contributed by atoms with Gasteiger partial charge < -0.3 is 9.47 Å². The van der Waals surface area contributed by atoms with Crippen LogP contribution >= 0.6 is 0 Å². The number of fused-ring (bicyclic) bond motifs is 1. The van der Waals surface area contributed by atoms with Crippen LogP contribution in [0.1, 0.15) is 59.6 Å². The number of hydrogen-bond acceptors (Lipinski definition) is 2. The summed E-state index contributed by atoms with van der Waals surface area (Å²) in [5.41, 5.74) is 5.28. The van der Waals surface area contributed by atoms with E-state index in [2.05, 4.69) is 35.8 Å². The topological polar surface area (TPSA) is 42.3 Å². The number of likely N-dealkylation sites (N-methyl/N-ethyl adjacent to an activating group) is 1. The number of Topliss-reactive ketones (excluding diaryl/α,β-unsaturated/α-hetero) is 1. The summed E-state index contributed by atoms with van der Waals surface area (Å²) in [4.78, 5) is 27.2. The third-order valence-corrected chi connectivity index (χ3v) is 5.82. The Morgan fingerprint density at radius 1 is 1.19 bits per heavy atom. The molecule has 0 bridgehead atoms. The molecule has 1 aliphatic carbocycles. The smallest absolute Gasteiger partial charge is 0.227 e. The lowest BCUT2D eigenvalue weighted by atomic mass is 9.92. The van der Waals surface area contributed by atoms with Crippen LogP contribution in [0.3, 0.4) is 0 Å². The highest BCUT2D eigenvalue weighted by Gasteiger charge is 2.29. The first-order valence-electron chi connectivity index (χ1n) is 9.93. The Kier molecular flexibility index (Phi) is 5.83. The molecule has 1 amide bonds. The van der Waals surface area contributed by atoms with Crippen LogP contribution in [0.4, 0.5) is 0 Å². The van der Waals surface area contributed by atoms with Crippen LogP contribution in [0.15, 0.2) is 30.3 Å². The number of nitrogens with zero attached hydrogens (tertiary/aromatic N) is 2. The van der Waals surface area contributed by atoms with Gasteiger partial charge in [-0.1, -0.05) is 30.3 Å². The van der Waals surface area contributed by atoms with E-state index in [1.165, 1.54) is 5.56 Å². The normalized spacial score (nSPS) is 13.7. The number of rotatable bonds is 6. The Hall–Kier alpha value is -2.36. The van der Waals surface area contributed by atoms with E-state index in [1.54, 1.807) is 4.90 Å². The lowest BCUT2D eigenvalue weighted by Crippen LogP contribution is -2.34. The molecule has 144 valence electrons. The summed E-state index contributed by atoms with van der Waals surface area (Å²) >= 11 is 0. The molecule has 27 heavy (non-hydrogen) atoms. The van der Waals surface area contributed by atoms with Crippen LogP contribution in [0.5, 0.6) is 0 Å². The lowest BCUT2D eigenvalue weighted by molar-refractivity contribution is -0.130. The van der Waals surface area contributed by atoms with Crippen molar-refractivity contribution in [2.75, 3.05) is 7.05 Å². The summed E-state index contributed by atoms with van der Waals surface area (Å²) in [5.74, 6) is 0.280. The fourth-order valence-electron chi connectivity index (χ4n) is 3.95. The SMILES string of the molecule is Cc1c(CC(=O)N(C)C(C)C)c2c(n1CCc1ccccc1)CCCC2=O. The third-order valence-electron chi connectivity index (χ3n) is 5.82. The quantitative estimate of drug-likeness (QED) is 0.776. The second-order valence-electron chi connectivity index (χ2n) is 7.82. The molecule has 0 fully saturated rings. The van der Waals surface area contributed by atoms with E-state index >= 15 is 0 Å². The molecule has 0 radical (unpaired) electrons. The van der Waals surface area contributed by atoms with Crippen LogP contribution in [0.2, 0.25) is 0 Å². The van der Waals surface area contributed by atoms with Gasteiger partial charge in [0.15, 0.2) is 5.78 Å². The molecule has 0 unspecified atom stereocenters. The average Bonchev–Trinajstić information content (AvgIpc) is 2.92. The Bertz CT molecular complexity index is 834. The van der Waals surface area contributed by atoms with E-state index in [9.17, 15) is 9.59 Å². The zero-order valence-electron chi connectivity index (χ0n) is 16.9. The van der Waals surface area contributed by atoms with Crippen molar-refractivity contribution >= 4 is 11.7 Å². The summed E-state index contributed by atoms with van der Waals surface area (Å²) in [6.07, 6.45) is 3.66. The lowest BCUT2D eigenvalue weighted by Gasteiger charge is -2.22. The molecule has 0 aliphatic heterocycles. The number of amides is 1. The van der Waals surface area contributed by atoms with E-state index in [0.29, 0.717) is 12.8 Å². The first kappa shape index (κ1) is 19.4. The van der Waals surface area contributed by atoms with E-state index in [-0.39, 0.29) is 17.7 Å². The standard InChI is InChI=1S/C23H30N2O2/c1-16(2)24(4)22(27)15-19-17(3)25(14-13-18-9-6-5-7-10-18)20-11-8-12-21(26)23(19)20/h5-7,9-10,16H,8,11-15H2,1-4H3. The van der Waals surface area contributed by atoms with Gasteiger partial charge in [0, 0.05) is 43.0 Å². The van der Waals surface area contributed by atoms with Crippen LogP contribution < -0.4 is 0 Å². The number of hydrogen-bond donors (Lipinski definition) is 0. The van der Waals surface area contributed by atoms with Gasteiger partial charge in [0.1, 0.15) is 0 Å². The fraction of sp³-hybridized carbons (Fsp3) is 0.478. The van der Waals surface area contributed by atoms with E-state index in [4.69, 9.17) is 0 Å². The van der Waals surface area contributed by atoms with Crippen molar-refractivity contribution in [3.05, 3.63) is 58.4 Å². The highest BCUT2D eigenvalue weighted by Crippen LogP contribution is 2.31. The van der Waals surface area contributed by atoms with Gasteiger partial charge in [-0.05, 0) is 51.2 Å². The van der Waals surface area contributed by atoms with Gasteiger partial charge in [0.25, 0.3) is 0 Å². The van der Waals surface area contributed by atoms with Crippen LogP contribution in [-0.4, -0.2) is 34.2 Å². The summed E-state index contributed by atoms with van der Waals surface area (Å²) in [6, 6.07) is 10.6. The summed E-state index contributed by atoms with van der Waals surface area (Å²) in [7, 11) is 1.84. The number of aromatic nitrogens is 1. The Labute approximate surface area is 162 Å². The molecule has 1 aromatic heterocycles. The number of aryl methyl sites for hydroxylation is 1. The Balaban J connectivity index is 1.92. The molecule has 0 saturated heterocycles. The van der Waals surface area contributed by atoms with Crippen molar-refractivity contribution in [1.29, 1.82) is 0 Å². The maximum Gasteiger partial charge on any atom is 0.227 e. The van der Waals surface area contributed by atoms with Gasteiger partial charge in [-0.3, -0.25) is 9.59 Å². The van der Waals surface area contributed by atoms with Crippen molar-refractivity contribution in [2.45, 2.75) is 65.5 Å². The van der Waals surface area contributed by atoms with E-state index < -0.39 is 0 Å². The molecule has 4 nitrogen and oxygen atoms in total. The maximum absolute atomic E-state index is 12.7. The number of carbonyl (C=O) groups excluding carboxylic acids is 2. The highest BCUT2D eigenvalue weighted by molar-refractivity contribution is 6.01. The molecule has 0 atom stereocenters. The van der Waals surface area contributed by atoms with E-state index in [1.807, 2.05) is 27.0 Å². The minimum atomic E-state index is 0.0782. The second kappa shape index (κ2) is 8.12. The van der Waals surface area contributed by atoms with Crippen molar-refractivity contribution in [3.63, 3.8) is 0 Å². The molecular weight excluding hydrogens is 336 g/mol. The molecule has 4 heteroatoms. The summed E-state index contributed by atoms with van der Waals surface area (Å²) < 4.78 is 2.29. The van der Waals surface area contributed by atoms with Gasteiger partial charge >= 0.3 is 0 Å². The zero-order valence-corrected chi connectivity index (χ0v) is 16.9. The molecule has 0 spiro atoms. The van der Waals surface area contributed by atoms with Crippen LogP contribution in [0, 0.1) is 6.92 Å². The molecule has 1 heterocycles. The first-order valence-corrected chi connectivity index (χ1v) is 9.93. The molecular formula is C23H30N2O2. The highest BCUT2D eigenvalue weighted by atomic mass is 16.2. The number of carbonyl (C=O) groups is 2. The van der Waals surface area contributed by atoms with Gasteiger partial charge in [-0.25, -0.2) is 0 Å². The van der Waals surface area contributed by atoms with Crippen molar-refractivity contribution in [1.82, 2.24) is 9.47 Å². The Morgan fingerprint density at radius 3 is 2.56 bits per heavy atom. The third kappa shape index (κ3) is 4.00. The average molecular weight is 367 g/mol. The molecule has 1 aliphatic rings. The van der Waals surface area contributed by atoms with E-state index in [0.717, 1.165) is 48.3 Å². The second-order valence-corrected chi connectivity index (χ2v) is 7.82. The first-order chi connectivity index (χ1) is 12.9.